The first-order chi connectivity index (χ1) is 12.4. The van der Waals surface area contributed by atoms with E-state index in [0.29, 0.717) is 43.9 Å². The summed E-state index contributed by atoms with van der Waals surface area (Å²) in [6.07, 6.45) is 2.75. The highest BCUT2D eigenvalue weighted by Gasteiger charge is 2.35. The van der Waals surface area contributed by atoms with Crippen molar-refractivity contribution in [3.63, 3.8) is 0 Å². The van der Waals surface area contributed by atoms with Gasteiger partial charge in [0.25, 0.3) is 0 Å². The Bertz CT molecular complexity index is 646. The van der Waals surface area contributed by atoms with Gasteiger partial charge >= 0.3 is 5.97 Å². The molecule has 2 aliphatic heterocycles. The van der Waals surface area contributed by atoms with Gasteiger partial charge in [-0.05, 0) is 20.3 Å². The lowest BCUT2D eigenvalue weighted by atomic mass is 9.85. The molecule has 2 fully saturated rings. The van der Waals surface area contributed by atoms with E-state index in [9.17, 15) is 9.90 Å². The summed E-state index contributed by atoms with van der Waals surface area (Å²) in [5.74, 6) is 0.519. The number of hydrogen-bond donors (Lipinski definition) is 2. The van der Waals surface area contributed by atoms with E-state index in [2.05, 4.69) is 27.0 Å². The number of piperazine rings is 1. The fourth-order valence-electron chi connectivity index (χ4n) is 3.37. The van der Waals surface area contributed by atoms with Crippen LogP contribution >= 0.6 is 0 Å². The van der Waals surface area contributed by atoms with Crippen LogP contribution in [0.1, 0.15) is 32.8 Å². The lowest BCUT2D eigenvalue weighted by Crippen LogP contribution is -2.51. The van der Waals surface area contributed by atoms with Crippen LogP contribution in [0.25, 0.3) is 0 Å². The molecule has 0 aliphatic carbocycles. The van der Waals surface area contributed by atoms with Crippen LogP contribution in [0.5, 0.6) is 0 Å². The summed E-state index contributed by atoms with van der Waals surface area (Å²) in [6.45, 7) is 10.8. The van der Waals surface area contributed by atoms with Crippen LogP contribution in [0, 0.1) is 0 Å². The number of aliphatic carboxylic acids is 1. The first kappa shape index (κ1) is 18.8. The average molecular weight is 363 g/mol. The van der Waals surface area contributed by atoms with E-state index in [1.165, 1.54) is 0 Å². The van der Waals surface area contributed by atoms with Crippen LogP contribution in [-0.2, 0) is 14.9 Å². The molecule has 26 heavy (non-hydrogen) atoms. The fraction of sp³-hybridized carbons (Fsp3) is 0.722. The Morgan fingerprint density at radius 3 is 2.73 bits per heavy atom. The summed E-state index contributed by atoms with van der Waals surface area (Å²) in [5.41, 5.74) is -0.403. The zero-order valence-corrected chi connectivity index (χ0v) is 15.9. The van der Waals surface area contributed by atoms with Gasteiger partial charge < -0.3 is 25.0 Å². The van der Waals surface area contributed by atoms with E-state index in [-0.39, 0.29) is 0 Å². The molecule has 1 atom stereocenters. The first-order valence-corrected chi connectivity index (χ1v) is 9.35. The van der Waals surface area contributed by atoms with Crippen molar-refractivity contribution in [3.8, 4) is 0 Å². The monoisotopic (exact) mass is 363 g/mol. The molecule has 0 bridgehead atoms. The maximum atomic E-state index is 11.8. The number of morpholine rings is 1. The number of aromatic nitrogens is 2. The van der Waals surface area contributed by atoms with E-state index < -0.39 is 11.4 Å². The number of ether oxygens (including phenoxy) is 1. The number of carboxylic acid groups (broad SMARTS) is 1. The van der Waals surface area contributed by atoms with Gasteiger partial charge in [-0.2, -0.15) is 4.98 Å². The highest BCUT2D eigenvalue weighted by Crippen LogP contribution is 2.32. The summed E-state index contributed by atoms with van der Waals surface area (Å²) >= 11 is 0. The molecule has 8 heteroatoms. The quantitative estimate of drug-likeness (QED) is 0.796. The van der Waals surface area contributed by atoms with Crippen molar-refractivity contribution in [2.24, 2.45) is 0 Å². The molecule has 0 amide bonds. The predicted octanol–water partition coefficient (Wildman–Crippen LogP) is 0.864. The molecule has 8 nitrogen and oxygen atoms in total. The van der Waals surface area contributed by atoms with Gasteiger partial charge in [0, 0.05) is 50.5 Å². The number of nitrogens with zero attached hydrogens (tertiary/aromatic N) is 4. The molecule has 0 spiro atoms. The van der Waals surface area contributed by atoms with E-state index in [0.717, 1.165) is 31.9 Å². The Morgan fingerprint density at radius 2 is 2.08 bits per heavy atom. The van der Waals surface area contributed by atoms with Crippen LogP contribution < -0.4 is 15.1 Å². The standard InChI is InChI=1S/C18H29N5O3/c1-4-13-12-23(6-5-19-13)17-20-11-14(18(2,3)16(24)25)15(21-17)22-7-9-26-10-8-22/h11,13,19H,4-10,12H2,1-3H3,(H,24,25). The lowest BCUT2D eigenvalue weighted by Gasteiger charge is -2.36. The summed E-state index contributed by atoms with van der Waals surface area (Å²) < 4.78 is 5.45. The smallest absolute Gasteiger partial charge is 0.313 e. The normalized spacial score (nSPS) is 21.7. The third-order valence-electron chi connectivity index (χ3n) is 5.31. The highest BCUT2D eigenvalue weighted by atomic mass is 16.5. The SMILES string of the molecule is CCC1CN(c2ncc(C(C)(C)C(=O)O)c(N3CCOCC3)n2)CCN1. The van der Waals surface area contributed by atoms with Gasteiger partial charge in [-0.15, -0.1) is 0 Å². The number of carbonyl (C=O) groups is 1. The Hall–Kier alpha value is -1.93. The molecule has 3 rings (SSSR count). The number of hydrogen-bond acceptors (Lipinski definition) is 7. The summed E-state index contributed by atoms with van der Waals surface area (Å²) in [7, 11) is 0. The molecule has 2 aliphatic rings. The van der Waals surface area contributed by atoms with Crippen molar-refractivity contribution < 1.29 is 14.6 Å². The molecule has 2 N–H and O–H groups in total. The maximum Gasteiger partial charge on any atom is 0.313 e. The second kappa shape index (κ2) is 7.75. The zero-order valence-electron chi connectivity index (χ0n) is 15.9. The second-order valence-corrected chi connectivity index (χ2v) is 7.44. The Morgan fingerprint density at radius 1 is 1.35 bits per heavy atom. The van der Waals surface area contributed by atoms with Gasteiger partial charge in [-0.1, -0.05) is 6.92 Å². The Labute approximate surface area is 154 Å². The van der Waals surface area contributed by atoms with Crippen molar-refractivity contribution in [1.29, 1.82) is 0 Å². The van der Waals surface area contributed by atoms with Gasteiger partial charge in [0.2, 0.25) is 5.95 Å². The molecule has 1 unspecified atom stereocenters. The molecule has 1 aromatic heterocycles. The molecule has 0 saturated carbocycles. The minimum atomic E-state index is -1.05. The third-order valence-corrected chi connectivity index (χ3v) is 5.31. The van der Waals surface area contributed by atoms with Crippen LogP contribution in [0.4, 0.5) is 11.8 Å². The fourth-order valence-corrected chi connectivity index (χ4v) is 3.37. The van der Waals surface area contributed by atoms with E-state index in [1.807, 2.05) is 0 Å². The lowest BCUT2D eigenvalue weighted by molar-refractivity contribution is -0.142. The van der Waals surface area contributed by atoms with E-state index in [4.69, 9.17) is 9.72 Å². The first-order valence-electron chi connectivity index (χ1n) is 9.35. The Balaban J connectivity index is 1.97. The highest BCUT2D eigenvalue weighted by molar-refractivity contribution is 5.82. The molecule has 2 saturated heterocycles. The van der Waals surface area contributed by atoms with Crippen LogP contribution in [0.15, 0.2) is 6.20 Å². The molecular formula is C18H29N5O3. The third kappa shape index (κ3) is 3.76. The summed E-state index contributed by atoms with van der Waals surface area (Å²) in [5, 5.41) is 13.2. The van der Waals surface area contributed by atoms with E-state index in [1.54, 1.807) is 20.0 Å². The van der Waals surface area contributed by atoms with Gasteiger partial charge in [-0.25, -0.2) is 4.98 Å². The molecular weight excluding hydrogens is 334 g/mol. The van der Waals surface area contributed by atoms with Crippen LogP contribution in [-0.4, -0.2) is 73.0 Å². The molecule has 0 aromatic carbocycles. The number of rotatable bonds is 5. The summed E-state index contributed by atoms with van der Waals surface area (Å²) in [6, 6.07) is 0.425. The molecule has 0 radical (unpaired) electrons. The zero-order chi connectivity index (χ0) is 18.7. The molecule has 3 heterocycles. The topological polar surface area (TPSA) is 90.8 Å². The molecule has 1 aromatic rings. The number of anilines is 2. The van der Waals surface area contributed by atoms with Gasteiger partial charge in [-0.3, -0.25) is 4.79 Å². The number of carboxylic acids is 1. The van der Waals surface area contributed by atoms with Gasteiger partial charge in [0.1, 0.15) is 5.82 Å². The van der Waals surface area contributed by atoms with Gasteiger partial charge in [0.05, 0.1) is 18.6 Å². The number of nitrogens with one attached hydrogen (secondary N) is 1. The van der Waals surface area contributed by atoms with Gasteiger partial charge in [0.15, 0.2) is 0 Å². The van der Waals surface area contributed by atoms with Crippen molar-refractivity contribution in [1.82, 2.24) is 15.3 Å². The van der Waals surface area contributed by atoms with Crippen molar-refractivity contribution >= 4 is 17.7 Å². The minimum Gasteiger partial charge on any atom is -0.481 e. The second-order valence-electron chi connectivity index (χ2n) is 7.44. The Kier molecular flexibility index (Phi) is 5.62. The predicted molar refractivity (Wildman–Crippen MR) is 100 cm³/mol. The van der Waals surface area contributed by atoms with Crippen molar-refractivity contribution in [2.45, 2.75) is 38.6 Å². The largest absolute Gasteiger partial charge is 0.481 e. The average Bonchev–Trinajstić information content (AvgIpc) is 2.68. The molecule has 144 valence electrons. The maximum absolute atomic E-state index is 11.8. The minimum absolute atomic E-state index is 0.425. The summed E-state index contributed by atoms with van der Waals surface area (Å²) in [4.78, 5) is 25.5. The van der Waals surface area contributed by atoms with Crippen molar-refractivity contribution in [2.75, 3.05) is 55.7 Å². The van der Waals surface area contributed by atoms with Crippen LogP contribution in [0.2, 0.25) is 0 Å². The van der Waals surface area contributed by atoms with Crippen LogP contribution in [0.3, 0.4) is 0 Å². The van der Waals surface area contributed by atoms with Crippen molar-refractivity contribution in [3.05, 3.63) is 11.8 Å². The van der Waals surface area contributed by atoms with E-state index >= 15 is 0 Å².